The number of aliphatic hydroxyl groups is 1. The molecule has 2 atom stereocenters. The summed E-state index contributed by atoms with van der Waals surface area (Å²) in [7, 11) is -4.05. The highest BCUT2D eigenvalue weighted by Crippen LogP contribution is 2.12. The summed E-state index contributed by atoms with van der Waals surface area (Å²) in [5.41, 5.74) is 1.52. The number of carbonyl (C=O) groups excluding carboxylic acids is 1. The van der Waals surface area contributed by atoms with Crippen molar-refractivity contribution in [1.29, 1.82) is 0 Å². The number of nitrogens with one attached hydrogen (secondary N) is 1. The zero-order chi connectivity index (χ0) is 19.9. The minimum absolute atomic E-state index is 0.0226. The second-order valence-corrected chi connectivity index (χ2v) is 7.46. The second-order valence-electron chi connectivity index (χ2n) is 5.74. The van der Waals surface area contributed by atoms with E-state index in [-0.39, 0.29) is 11.5 Å². The van der Waals surface area contributed by atoms with Crippen LogP contribution in [0.4, 0.5) is 0 Å². The van der Waals surface area contributed by atoms with Crippen molar-refractivity contribution in [1.82, 2.24) is 4.72 Å². The van der Waals surface area contributed by atoms with Crippen LogP contribution in [-0.4, -0.2) is 38.2 Å². The van der Waals surface area contributed by atoms with Crippen molar-refractivity contribution < 1.29 is 23.1 Å². The van der Waals surface area contributed by atoms with Gasteiger partial charge in [-0.3, -0.25) is 4.79 Å². The number of benzene rings is 2. The average Bonchev–Trinajstić information content (AvgIpc) is 2.65. The molecule has 142 valence electrons. The van der Waals surface area contributed by atoms with E-state index < -0.39 is 28.1 Å². The van der Waals surface area contributed by atoms with Crippen molar-refractivity contribution in [2.75, 3.05) is 6.61 Å². The molecule has 2 aromatic rings. The molecule has 0 aliphatic carbocycles. The molecule has 2 N–H and O–H groups in total. The van der Waals surface area contributed by atoms with E-state index in [2.05, 4.69) is 16.6 Å². The molecule has 0 aliphatic heterocycles. The Hall–Kier alpha value is -2.66. The Morgan fingerprint density at radius 3 is 2.37 bits per heavy atom. The molecule has 0 bridgehead atoms. The molecule has 6 nitrogen and oxygen atoms in total. The highest BCUT2D eigenvalue weighted by atomic mass is 32.2. The number of hydrogen-bond donors (Lipinski definition) is 2. The fourth-order valence-corrected chi connectivity index (χ4v) is 3.38. The molecule has 2 rings (SSSR count). The zero-order valence-corrected chi connectivity index (χ0v) is 15.9. The van der Waals surface area contributed by atoms with Crippen LogP contribution in [0.1, 0.15) is 18.1 Å². The minimum atomic E-state index is -4.05. The maximum atomic E-state index is 12.6. The number of hydrogen-bond acceptors (Lipinski definition) is 5. The summed E-state index contributed by atoms with van der Waals surface area (Å²) in [5, 5.41) is 10.3. The largest absolute Gasteiger partial charge is 0.465 e. The molecule has 0 aliphatic rings. The van der Waals surface area contributed by atoms with Crippen LogP contribution in [0.5, 0.6) is 0 Å². The molecule has 7 heteroatoms. The standard InChI is InChI=1S/C20H21NO5S/c1-3-26-20(23)19(18(22)14-11-16-7-5-4-6-8-16)21-27(24,25)17-12-9-15(2)10-13-17/h4-10,12-13,18-19,21-22H,3H2,1-2H3/t18-,19+/m0/s1. The van der Waals surface area contributed by atoms with Crippen LogP contribution in [0, 0.1) is 18.8 Å². The number of carbonyl (C=O) groups is 1. The highest BCUT2D eigenvalue weighted by Gasteiger charge is 2.32. The van der Waals surface area contributed by atoms with Crippen LogP contribution in [0.15, 0.2) is 59.5 Å². The molecule has 0 heterocycles. The number of sulfonamides is 1. The van der Waals surface area contributed by atoms with E-state index in [1.165, 1.54) is 12.1 Å². The van der Waals surface area contributed by atoms with Gasteiger partial charge in [0.2, 0.25) is 10.0 Å². The van der Waals surface area contributed by atoms with Gasteiger partial charge in [-0.15, -0.1) is 0 Å². The summed E-state index contributed by atoms with van der Waals surface area (Å²) in [4.78, 5) is 12.2. The SMILES string of the molecule is CCOC(=O)[C@H](NS(=O)(=O)c1ccc(C)cc1)[C@@H](O)C#Cc1ccccc1. The number of aryl methyl sites for hydroxylation is 1. The van der Waals surface area contributed by atoms with Gasteiger partial charge in [0.05, 0.1) is 11.5 Å². The van der Waals surface area contributed by atoms with Crippen LogP contribution in [0.3, 0.4) is 0 Å². The van der Waals surface area contributed by atoms with Gasteiger partial charge < -0.3 is 9.84 Å². The summed E-state index contributed by atoms with van der Waals surface area (Å²) >= 11 is 0. The van der Waals surface area contributed by atoms with Gasteiger partial charge in [0.1, 0.15) is 6.10 Å². The van der Waals surface area contributed by atoms with Crippen molar-refractivity contribution in [2.24, 2.45) is 0 Å². The van der Waals surface area contributed by atoms with E-state index in [4.69, 9.17) is 4.74 Å². The van der Waals surface area contributed by atoms with Crippen molar-refractivity contribution in [3.8, 4) is 11.8 Å². The summed E-state index contributed by atoms with van der Waals surface area (Å²) in [6, 6.07) is 13.4. The van der Waals surface area contributed by atoms with Gasteiger partial charge in [-0.2, -0.15) is 4.72 Å². The Bertz CT molecular complexity index is 928. The molecule has 0 fully saturated rings. The zero-order valence-electron chi connectivity index (χ0n) is 15.0. The Labute approximate surface area is 159 Å². The van der Waals surface area contributed by atoms with Crippen LogP contribution in [0.2, 0.25) is 0 Å². The van der Waals surface area contributed by atoms with Crippen molar-refractivity contribution >= 4 is 16.0 Å². The van der Waals surface area contributed by atoms with Crippen LogP contribution >= 0.6 is 0 Å². The maximum absolute atomic E-state index is 12.6. The third kappa shape index (κ3) is 5.93. The highest BCUT2D eigenvalue weighted by molar-refractivity contribution is 7.89. The molecule has 0 saturated heterocycles. The molecule has 27 heavy (non-hydrogen) atoms. The monoisotopic (exact) mass is 387 g/mol. The minimum Gasteiger partial charge on any atom is -0.465 e. The maximum Gasteiger partial charge on any atom is 0.327 e. The molecule has 0 amide bonds. The lowest BCUT2D eigenvalue weighted by molar-refractivity contribution is -0.147. The number of esters is 1. The first-order valence-electron chi connectivity index (χ1n) is 8.34. The van der Waals surface area contributed by atoms with Gasteiger partial charge in [0.25, 0.3) is 0 Å². The van der Waals surface area contributed by atoms with Crippen molar-refractivity contribution in [2.45, 2.75) is 30.9 Å². The van der Waals surface area contributed by atoms with E-state index >= 15 is 0 Å². The Balaban J connectivity index is 2.27. The summed E-state index contributed by atoms with van der Waals surface area (Å²) in [6.45, 7) is 3.46. The fraction of sp³-hybridized carbons (Fsp3) is 0.250. The number of aliphatic hydroxyl groups excluding tert-OH is 1. The lowest BCUT2D eigenvalue weighted by atomic mass is 10.1. The fourth-order valence-electron chi connectivity index (χ4n) is 2.19. The molecule has 2 aromatic carbocycles. The first-order chi connectivity index (χ1) is 12.8. The average molecular weight is 387 g/mol. The van der Waals surface area contributed by atoms with Gasteiger partial charge in [-0.1, -0.05) is 47.7 Å². The van der Waals surface area contributed by atoms with Crippen molar-refractivity contribution in [3.63, 3.8) is 0 Å². The number of ether oxygens (including phenoxy) is 1. The molecule has 0 aromatic heterocycles. The first kappa shape index (κ1) is 20.6. The summed E-state index contributed by atoms with van der Waals surface area (Å²) < 4.78 is 32.2. The van der Waals surface area contributed by atoms with E-state index in [0.29, 0.717) is 5.56 Å². The molecule has 0 unspecified atom stereocenters. The topological polar surface area (TPSA) is 92.7 Å². The van der Waals surface area contributed by atoms with Gasteiger partial charge in [0.15, 0.2) is 6.04 Å². The lowest BCUT2D eigenvalue weighted by Crippen LogP contribution is -2.49. The van der Waals surface area contributed by atoms with Crippen molar-refractivity contribution in [3.05, 3.63) is 65.7 Å². The molecular formula is C20H21NO5S. The molecule has 0 radical (unpaired) electrons. The third-order valence-corrected chi connectivity index (χ3v) is 5.06. The normalized spacial score (nSPS) is 13.1. The smallest absolute Gasteiger partial charge is 0.327 e. The third-order valence-electron chi connectivity index (χ3n) is 3.61. The van der Waals surface area contributed by atoms with Crippen LogP contribution < -0.4 is 4.72 Å². The second kappa shape index (κ2) is 9.33. The molecule has 0 saturated carbocycles. The van der Waals surface area contributed by atoms with Gasteiger partial charge in [-0.05, 0) is 38.1 Å². The van der Waals surface area contributed by atoms with E-state index in [9.17, 15) is 18.3 Å². The quantitative estimate of drug-likeness (QED) is 0.580. The van der Waals surface area contributed by atoms with Gasteiger partial charge >= 0.3 is 5.97 Å². The lowest BCUT2D eigenvalue weighted by Gasteiger charge is -2.19. The predicted molar refractivity (Wildman–Crippen MR) is 101 cm³/mol. The predicted octanol–water partition coefficient (Wildman–Crippen LogP) is 1.62. The van der Waals surface area contributed by atoms with Gasteiger partial charge in [-0.25, -0.2) is 8.42 Å². The Kier molecular flexibility index (Phi) is 7.13. The molecular weight excluding hydrogens is 366 g/mol. The first-order valence-corrected chi connectivity index (χ1v) is 9.82. The van der Waals surface area contributed by atoms with E-state index in [0.717, 1.165) is 5.56 Å². The van der Waals surface area contributed by atoms with Gasteiger partial charge in [0, 0.05) is 5.56 Å². The summed E-state index contributed by atoms with van der Waals surface area (Å²) in [5.74, 6) is 4.31. The Morgan fingerprint density at radius 1 is 1.15 bits per heavy atom. The van der Waals surface area contributed by atoms with E-state index in [1.54, 1.807) is 43.3 Å². The van der Waals surface area contributed by atoms with Crippen LogP contribution in [0.25, 0.3) is 0 Å². The summed E-state index contributed by atoms with van der Waals surface area (Å²) in [6.07, 6.45) is -1.58. The molecule has 0 spiro atoms. The van der Waals surface area contributed by atoms with E-state index in [1.807, 2.05) is 13.0 Å². The number of rotatable bonds is 6. The Morgan fingerprint density at radius 2 is 1.78 bits per heavy atom. The van der Waals surface area contributed by atoms with Crippen LogP contribution in [-0.2, 0) is 19.6 Å².